The van der Waals surface area contributed by atoms with Crippen molar-refractivity contribution in [3.05, 3.63) is 0 Å². The van der Waals surface area contributed by atoms with Gasteiger partial charge in [0.25, 0.3) is 0 Å². The Bertz CT molecular complexity index is 194. The van der Waals surface area contributed by atoms with Crippen molar-refractivity contribution in [1.82, 2.24) is 10.6 Å². The molecule has 0 aromatic carbocycles. The van der Waals surface area contributed by atoms with E-state index in [0.717, 1.165) is 25.7 Å². The smallest absolute Gasteiger partial charge is 0.239 e. The minimum absolute atomic E-state index is 0.0938. The molecule has 0 rings (SSSR count). The van der Waals surface area contributed by atoms with Gasteiger partial charge in [-0.1, -0.05) is 26.7 Å². The highest BCUT2D eigenvalue weighted by Crippen LogP contribution is 2.15. The first-order chi connectivity index (χ1) is 7.00. The molecule has 0 aromatic rings. The molecule has 15 heavy (non-hydrogen) atoms. The van der Waals surface area contributed by atoms with E-state index >= 15 is 0 Å². The third-order valence-electron chi connectivity index (χ3n) is 2.94. The van der Waals surface area contributed by atoms with E-state index in [2.05, 4.69) is 31.4 Å². The van der Waals surface area contributed by atoms with Crippen LogP contribution in [0, 0.1) is 0 Å². The summed E-state index contributed by atoms with van der Waals surface area (Å²) in [6.07, 6.45) is 4.13. The van der Waals surface area contributed by atoms with E-state index in [-0.39, 0.29) is 5.91 Å². The van der Waals surface area contributed by atoms with Crippen molar-refractivity contribution in [3.63, 3.8) is 0 Å². The van der Waals surface area contributed by atoms with Crippen LogP contribution in [0.15, 0.2) is 0 Å². The van der Waals surface area contributed by atoms with Gasteiger partial charge in [0.15, 0.2) is 0 Å². The highest BCUT2D eigenvalue weighted by molar-refractivity contribution is 5.85. The minimum atomic E-state index is -0.416. The zero-order valence-electron chi connectivity index (χ0n) is 10.8. The maximum absolute atomic E-state index is 11.8. The SMILES string of the molecule is CCCCC(C)(NC(C)CC)C(=O)NC. The number of nitrogens with one attached hydrogen (secondary N) is 2. The summed E-state index contributed by atoms with van der Waals surface area (Å²) in [5, 5.41) is 6.16. The lowest BCUT2D eigenvalue weighted by Gasteiger charge is -2.32. The second kappa shape index (κ2) is 6.83. The van der Waals surface area contributed by atoms with Gasteiger partial charge in [0.05, 0.1) is 5.54 Å². The summed E-state index contributed by atoms with van der Waals surface area (Å²) < 4.78 is 0. The number of rotatable bonds is 7. The number of amides is 1. The molecule has 0 radical (unpaired) electrons. The van der Waals surface area contributed by atoms with Crippen molar-refractivity contribution in [2.24, 2.45) is 0 Å². The molecule has 0 spiro atoms. The number of likely N-dealkylation sites (N-methyl/N-ethyl adjacent to an activating group) is 1. The van der Waals surface area contributed by atoms with Crippen LogP contribution in [0.1, 0.15) is 53.4 Å². The van der Waals surface area contributed by atoms with Crippen molar-refractivity contribution in [2.45, 2.75) is 65.0 Å². The predicted octanol–water partition coefficient (Wildman–Crippen LogP) is 2.07. The van der Waals surface area contributed by atoms with Crippen molar-refractivity contribution < 1.29 is 4.79 Å². The van der Waals surface area contributed by atoms with Gasteiger partial charge in [-0.2, -0.15) is 0 Å². The Morgan fingerprint density at radius 1 is 1.40 bits per heavy atom. The largest absolute Gasteiger partial charge is 0.358 e. The summed E-state index contributed by atoms with van der Waals surface area (Å²) in [6, 6.07) is 0.379. The summed E-state index contributed by atoms with van der Waals surface area (Å²) >= 11 is 0. The maximum Gasteiger partial charge on any atom is 0.239 e. The van der Waals surface area contributed by atoms with Crippen LogP contribution in [-0.2, 0) is 4.79 Å². The van der Waals surface area contributed by atoms with Crippen molar-refractivity contribution >= 4 is 5.91 Å². The van der Waals surface area contributed by atoms with E-state index in [4.69, 9.17) is 0 Å². The molecular formula is C12H26N2O. The van der Waals surface area contributed by atoms with Crippen molar-refractivity contribution in [2.75, 3.05) is 7.05 Å². The maximum atomic E-state index is 11.8. The number of hydrogen-bond donors (Lipinski definition) is 2. The summed E-state index contributed by atoms with van der Waals surface area (Å²) in [7, 11) is 1.70. The molecule has 3 heteroatoms. The van der Waals surface area contributed by atoms with E-state index < -0.39 is 5.54 Å². The Morgan fingerprint density at radius 2 is 2.00 bits per heavy atom. The van der Waals surface area contributed by atoms with E-state index in [1.807, 2.05) is 6.92 Å². The summed E-state index contributed by atoms with van der Waals surface area (Å²) in [5.74, 6) is 0.0938. The monoisotopic (exact) mass is 214 g/mol. The molecule has 0 aliphatic carbocycles. The minimum Gasteiger partial charge on any atom is -0.358 e. The van der Waals surface area contributed by atoms with Gasteiger partial charge in [0.2, 0.25) is 5.91 Å². The highest BCUT2D eigenvalue weighted by atomic mass is 16.2. The molecule has 3 nitrogen and oxygen atoms in total. The van der Waals surface area contributed by atoms with E-state index in [1.54, 1.807) is 7.05 Å². The normalized spacial score (nSPS) is 16.9. The highest BCUT2D eigenvalue weighted by Gasteiger charge is 2.32. The first-order valence-corrected chi connectivity index (χ1v) is 6.00. The van der Waals surface area contributed by atoms with Gasteiger partial charge in [0.1, 0.15) is 0 Å². The number of hydrogen-bond acceptors (Lipinski definition) is 2. The van der Waals surface area contributed by atoms with E-state index in [1.165, 1.54) is 0 Å². The number of carbonyl (C=O) groups is 1. The molecule has 0 saturated heterocycles. The topological polar surface area (TPSA) is 41.1 Å². The average Bonchev–Trinajstić information content (AvgIpc) is 2.24. The number of carbonyl (C=O) groups excluding carboxylic acids is 1. The zero-order chi connectivity index (χ0) is 11.9. The second-order valence-corrected chi connectivity index (χ2v) is 4.47. The molecule has 90 valence electrons. The molecule has 0 aliphatic rings. The number of unbranched alkanes of at least 4 members (excludes halogenated alkanes) is 1. The molecule has 0 fully saturated rings. The lowest BCUT2D eigenvalue weighted by atomic mass is 9.92. The molecule has 0 bridgehead atoms. The zero-order valence-corrected chi connectivity index (χ0v) is 10.8. The Balaban J connectivity index is 4.46. The van der Waals surface area contributed by atoms with Crippen molar-refractivity contribution in [1.29, 1.82) is 0 Å². The van der Waals surface area contributed by atoms with Crippen LogP contribution in [-0.4, -0.2) is 24.5 Å². The standard InChI is InChI=1S/C12H26N2O/c1-6-8-9-12(4,11(15)13-5)14-10(3)7-2/h10,14H,6-9H2,1-5H3,(H,13,15). The van der Waals surface area contributed by atoms with Gasteiger partial charge in [-0.3, -0.25) is 4.79 Å². The van der Waals surface area contributed by atoms with E-state index in [9.17, 15) is 4.79 Å². The summed E-state index contributed by atoms with van der Waals surface area (Å²) in [6.45, 7) is 8.38. The molecular weight excluding hydrogens is 188 g/mol. The molecule has 0 aromatic heterocycles. The lowest BCUT2D eigenvalue weighted by Crippen LogP contribution is -2.56. The van der Waals surface area contributed by atoms with Crippen LogP contribution in [0.3, 0.4) is 0 Å². The van der Waals surface area contributed by atoms with Crippen LogP contribution in [0.5, 0.6) is 0 Å². The summed E-state index contributed by atoms with van der Waals surface area (Å²) in [5.41, 5.74) is -0.416. The fourth-order valence-corrected chi connectivity index (χ4v) is 1.70. The Hall–Kier alpha value is -0.570. The van der Waals surface area contributed by atoms with Gasteiger partial charge >= 0.3 is 0 Å². The van der Waals surface area contributed by atoms with Gasteiger partial charge in [-0.25, -0.2) is 0 Å². The molecule has 2 unspecified atom stereocenters. The second-order valence-electron chi connectivity index (χ2n) is 4.47. The van der Waals surface area contributed by atoms with E-state index in [0.29, 0.717) is 6.04 Å². The lowest BCUT2D eigenvalue weighted by molar-refractivity contribution is -0.127. The predicted molar refractivity (Wildman–Crippen MR) is 64.9 cm³/mol. The molecule has 0 aliphatic heterocycles. The average molecular weight is 214 g/mol. The van der Waals surface area contributed by atoms with Crippen LogP contribution in [0.4, 0.5) is 0 Å². The Kier molecular flexibility index (Phi) is 6.57. The van der Waals surface area contributed by atoms with Crippen LogP contribution >= 0.6 is 0 Å². The molecule has 0 heterocycles. The molecule has 2 atom stereocenters. The van der Waals surface area contributed by atoms with Crippen LogP contribution in [0.2, 0.25) is 0 Å². The van der Waals surface area contributed by atoms with Gasteiger partial charge < -0.3 is 10.6 Å². The first-order valence-electron chi connectivity index (χ1n) is 6.00. The molecule has 2 N–H and O–H groups in total. The van der Waals surface area contributed by atoms with Gasteiger partial charge in [-0.15, -0.1) is 0 Å². The van der Waals surface area contributed by atoms with Gasteiger partial charge in [0, 0.05) is 13.1 Å². The van der Waals surface area contributed by atoms with Crippen molar-refractivity contribution in [3.8, 4) is 0 Å². The van der Waals surface area contributed by atoms with Crippen LogP contribution < -0.4 is 10.6 Å². The fraction of sp³-hybridized carbons (Fsp3) is 0.917. The third kappa shape index (κ3) is 4.65. The Morgan fingerprint density at radius 3 is 2.40 bits per heavy atom. The van der Waals surface area contributed by atoms with Gasteiger partial charge in [-0.05, 0) is 26.7 Å². The molecule has 1 amide bonds. The fourth-order valence-electron chi connectivity index (χ4n) is 1.70. The van der Waals surface area contributed by atoms with Crippen LogP contribution in [0.25, 0.3) is 0 Å². The Labute approximate surface area is 94.0 Å². The molecule has 0 saturated carbocycles. The summed E-state index contributed by atoms with van der Waals surface area (Å²) in [4.78, 5) is 11.8. The first kappa shape index (κ1) is 14.4. The quantitative estimate of drug-likeness (QED) is 0.681. The third-order valence-corrected chi connectivity index (χ3v) is 2.94.